The molecule has 0 aromatic heterocycles. The average Bonchev–Trinajstić information content (AvgIpc) is 2.95. The number of carbonyl (C=O) groups excluding carboxylic acids is 2. The molecule has 3 amide bonds. The van der Waals surface area contributed by atoms with E-state index in [9.17, 15) is 9.59 Å². The Labute approximate surface area is 120 Å². The van der Waals surface area contributed by atoms with Crippen molar-refractivity contribution in [3.05, 3.63) is 0 Å². The lowest BCUT2D eigenvalue weighted by atomic mass is 10.1. The molecule has 0 aliphatic carbocycles. The summed E-state index contributed by atoms with van der Waals surface area (Å²) < 4.78 is 0. The van der Waals surface area contributed by atoms with E-state index in [0.717, 1.165) is 26.2 Å². The number of carbonyl (C=O) groups is 2. The summed E-state index contributed by atoms with van der Waals surface area (Å²) in [6.07, 6.45) is 2.45. The number of hydrogen-bond donors (Lipinski definition) is 2. The molecule has 1 atom stereocenters. The minimum Gasteiger partial charge on any atom is -0.324 e. The van der Waals surface area contributed by atoms with Crippen LogP contribution in [0.5, 0.6) is 0 Å². The Balaban J connectivity index is 1.83. The van der Waals surface area contributed by atoms with Gasteiger partial charge in [0, 0.05) is 25.7 Å². The van der Waals surface area contributed by atoms with Crippen LogP contribution in [0.25, 0.3) is 0 Å². The van der Waals surface area contributed by atoms with Gasteiger partial charge in [0.05, 0.1) is 0 Å². The van der Waals surface area contributed by atoms with Crippen molar-refractivity contribution in [2.45, 2.75) is 45.2 Å². The van der Waals surface area contributed by atoms with Gasteiger partial charge in [0.25, 0.3) is 5.91 Å². The highest BCUT2D eigenvalue weighted by molar-refractivity contribution is 6.06. The first-order valence-corrected chi connectivity index (χ1v) is 7.54. The first kappa shape index (κ1) is 15.3. The quantitative estimate of drug-likeness (QED) is 0.692. The SMILES string of the molecule is CCN(CCN1C(=O)NC(C)(C)C1=O)CC1CCCN1. The van der Waals surface area contributed by atoms with Gasteiger partial charge in [-0.05, 0) is 39.8 Å². The zero-order valence-corrected chi connectivity index (χ0v) is 12.7. The topological polar surface area (TPSA) is 64.7 Å². The second-order valence-corrected chi connectivity index (χ2v) is 6.20. The number of amides is 3. The van der Waals surface area contributed by atoms with Gasteiger partial charge >= 0.3 is 6.03 Å². The average molecular weight is 282 g/mol. The van der Waals surface area contributed by atoms with Crippen molar-refractivity contribution in [2.75, 3.05) is 32.7 Å². The Morgan fingerprint density at radius 1 is 1.40 bits per heavy atom. The standard InChI is InChI=1S/C14H26N4O2/c1-4-17(10-11-6-5-7-15-11)8-9-18-12(19)14(2,3)16-13(18)20/h11,15H,4-10H2,1-3H3,(H,16,20). The van der Waals surface area contributed by atoms with Crippen molar-refractivity contribution in [2.24, 2.45) is 0 Å². The van der Waals surface area contributed by atoms with Gasteiger partial charge < -0.3 is 15.5 Å². The van der Waals surface area contributed by atoms with Gasteiger partial charge in [-0.1, -0.05) is 6.92 Å². The third-order valence-corrected chi connectivity index (χ3v) is 4.17. The zero-order valence-electron chi connectivity index (χ0n) is 12.7. The van der Waals surface area contributed by atoms with Crippen LogP contribution in [0.1, 0.15) is 33.6 Å². The lowest BCUT2D eigenvalue weighted by Crippen LogP contribution is -2.44. The molecule has 2 heterocycles. The Hall–Kier alpha value is -1.14. The fourth-order valence-electron chi connectivity index (χ4n) is 2.87. The van der Waals surface area contributed by atoms with Crippen LogP contribution >= 0.6 is 0 Å². The van der Waals surface area contributed by atoms with Gasteiger partial charge in [0.15, 0.2) is 0 Å². The molecule has 0 spiro atoms. The highest BCUT2D eigenvalue weighted by Gasteiger charge is 2.43. The van der Waals surface area contributed by atoms with Crippen LogP contribution < -0.4 is 10.6 Å². The van der Waals surface area contributed by atoms with Crippen molar-refractivity contribution in [3.63, 3.8) is 0 Å². The van der Waals surface area contributed by atoms with Crippen LogP contribution in [-0.2, 0) is 4.79 Å². The maximum atomic E-state index is 12.1. The monoisotopic (exact) mass is 282 g/mol. The van der Waals surface area contributed by atoms with Gasteiger partial charge in [-0.2, -0.15) is 0 Å². The molecule has 114 valence electrons. The Bertz CT molecular complexity index is 377. The molecule has 0 saturated carbocycles. The van der Waals surface area contributed by atoms with E-state index in [1.165, 1.54) is 17.7 Å². The summed E-state index contributed by atoms with van der Waals surface area (Å²) in [5, 5.41) is 6.19. The van der Waals surface area contributed by atoms with Gasteiger partial charge in [-0.25, -0.2) is 4.79 Å². The van der Waals surface area contributed by atoms with Gasteiger partial charge in [0.2, 0.25) is 0 Å². The predicted molar refractivity (Wildman–Crippen MR) is 77.5 cm³/mol. The number of hydrogen-bond acceptors (Lipinski definition) is 4. The minimum absolute atomic E-state index is 0.127. The van der Waals surface area contributed by atoms with Gasteiger partial charge in [-0.15, -0.1) is 0 Å². The maximum Gasteiger partial charge on any atom is 0.325 e. The van der Waals surface area contributed by atoms with Crippen molar-refractivity contribution in [1.29, 1.82) is 0 Å². The van der Waals surface area contributed by atoms with E-state index >= 15 is 0 Å². The number of imide groups is 1. The molecule has 2 aliphatic heterocycles. The predicted octanol–water partition coefficient (Wildman–Crippen LogP) is 0.391. The van der Waals surface area contributed by atoms with E-state index in [-0.39, 0.29) is 11.9 Å². The number of nitrogens with one attached hydrogen (secondary N) is 2. The number of likely N-dealkylation sites (N-methyl/N-ethyl adjacent to an activating group) is 1. The Kier molecular flexibility index (Phi) is 4.65. The molecule has 0 aromatic carbocycles. The second-order valence-electron chi connectivity index (χ2n) is 6.20. The summed E-state index contributed by atoms with van der Waals surface area (Å²) in [6, 6.07) is 0.282. The minimum atomic E-state index is -0.763. The van der Waals surface area contributed by atoms with E-state index in [0.29, 0.717) is 12.6 Å². The van der Waals surface area contributed by atoms with Crippen LogP contribution in [0.15, 0.2) is 0 Å². The van der Waals surface area contributed by atoms with E-state index in [4.69, 9.17) is 0 Å². The molecule has 6 nitrogen and oxygen atoms in total. The summed E-state index contributed by atoms with van der Waals surface area (Å²) in [5.41, 5.74) is -0.763. The second kappa shape index (κ2) is 6.10. The largest absolute Gasteiger partial charge is 0.325 e. The number of nitrogens with zero attached hydrogens (tertiary/aromatic N) is 2. The highest BCUT2D eigenvalue weighted by Crippen LogP contribution is 2.16. The molecule has 0 bridgehead atoms. The molecule has 2 saturated heterocycles. The normalized spacial score (nSPS) is 25.6. The van der Waals surface area contributed by atoms with E-state index in [2.05, 4.69) is 22.5 Å². The Morgan fingerprint density at radius 3 is 2.65 bits per heavy atom. The molecule has 2 rings (SSSR count). The van der Waals surface area contributed by atoms with E-state index < -0.39 is 5.54 Å². The van der Waals surface area contributed by atoms with Crippen molar-refractivity contribution in [1.82, 2.24) is 20.4 Å². The molecular weight excluding hydrogens is 256 g/mol. The molecule has 6 heteroatoms. The molecule has 2 fully saturated rings. The van der Waals surface area contributed by atoms with Crippen molar-refractivity contribution < 1.29 is 9.59 Å². The van der Waals surface area contributed by atoms with Crippen LogP contribution in [0.3, 0.4) is 0 Å². The summed E-state index contributed by atoms with van der Waals surface area (Å²) in [5.74, 6) is -0.127. The van der Waals surface area contributed by atoms with Gasteiger partial charge in [-0.3, -0.25) is 9.69 Å². The highest BCUT2D eigenvalue weighted by atomic mass is 16.2. The molecule has 2 N–H and O–H groups in total. The van der Waals surface area contributed by atoms with Crippen LogP contribution in [0.2, 0.25) is 0 Å². The molecule has 2 aliphatic rings. The summed E-state index contributed by atoms with van der Waals surface area (Å²) in [7, 11) is 0. The molecule has 0 radical (unpaired) electrons. The fourth-order valence-corrected chi connectivity index (χ4v) is 2.87. The Morgan fingerprint density at radius 2 is 2.15 bits per heavy atom. The fraction of sp³-hybridized carbons (Fsp3) is 0.857. The van der Waals surface area contributed by atoms with Crippen LogP contribution in [0.4, 0.5) is 4.79 Å². The summed E-state index contributed by atoms with van der Waals surface area (Å²) in [4.78, 5) is 27.5. The van der Waals surface area contributed by atoms with E-state index in [1.54, 1.807) is 13.8 Å². The number of urea groups is 1. The molecular formula is C14H26N4O2. The maximum absolute atomic E-state index is 12.1. The smallest absolute Gasteiger partial charge is 0.324 e. The lowest BCUT2D eigenvalue weighted by molar-refractivity contribution is -0.130. The van der Waals surface area contributed by atoms with Crippen molar-refractivity contribution >= 4 is 11.9 Å². The molecule has 1 unspecified atom stereocenters. The van der Waals surface area contributed by atoms with Gasteiger partial charge in [0.1, 0.15) is 5.54 Å². The van der Waals surface area contributed by atoms with Crippen LogP contribution in [0, 0.1) is 0 Å². The summed E-state index contributed by atoms with van der Waals surface area (Å²) in [6.45, 7) is 9.84. The van der Waals surface area contributed by atoms with E-state index in [1.807, 2.05) is 0 Å². The summed E-state index contributed by atoms with van der Waals surface area (Å²) >= 11 is 0. The third-order valence-electron chi connectivity index (χ3n) is 4.17. The first-order chi connectivity index (χ1) is 9.44. The third kappa shape index (κ3) is 3.30. The van der Waals surface area contributed by atoms with Crippen molar-refractivity contribution in [3.8, 4) is 0 Å². The molecule has 20 heavy (non-hydrogen) atoms. The lowest BCUT2D eigenvalue weighted by Gasteiger charge is -2.26. The molecule has 0 aromatic rings. The zero-order chi connectivity index (χ0) is 14.8. The number of rotatable bonds is 6. The first-order valence-electron chi connectivity index (χ1n) is 7.54. The van der Waals surface area contributed by atoms with Crippen LogP contribution in [-0.4, -0.2) is 66.0 Å².